The predicted octanol–water partition coefficient (Wildman–Crippen LogP) is 2.61. The van der Waals surface area contributed by atoms with Gasteiger partial charge in [0.2, 0.25) is 11.6 Å². The summed E-state index contributed by atoms with van der Waals surface area (Å²) in [6.45, 7) is 4.21. The first-order chi connectivity index (χ1) is 11.6. The van der Waals surface area contributed by atoms with E-state index in [1.807, 2.05) is 6.92 Å². The van der Waals surface area contributed by atoms with Gasteiger partial charge in [-0.2, -0.15) is 0 Å². The minimum Gasteiger partial charge on any atom is -0.443 e. The lowest BCUT2D eigenvalue weighted by molar-refractivity contribution is -0.121. The number of allylic oxidation sites excluding steroid dienone is 1. The number of rotatable bonds is 5. The van der Waals surface area contributed by atoms with E-state index in [4.69, 9.17) is 4.42 Å². The molecule has 24 heavy (non-hydrogen) atoms. The van der Waals surface area contributed by atoms with Gasteiger partial charge in [-0.3, -0.25) is 14.2 Å². The third-order valence-corrected chi connectivity index (χ3v) is 4.62. The van der Waals surface area contributed by atoms with E-state index in [0.717, 1.165) is 24.8 Å². The van der Waals surface area contributed by atoms with Gasteiger partial charge in [0.05, 0.1) is 0 Å². The number of aromatic nitrogens is 2. The predicted molar refractivity (Wildman–Crippen MR) is 91.9 cm³/mol. The average Bonchev–Trinajstić information content (AvgIpc) is 2.86. The fraction of sp³-hybridized carbons (Fsp3) is 0.500. The fourth-order valence-corrected chi connectivity index (χ4v) is 3.09. The summed E-state index contributed by atoms with van der Waals surface area (Å²) in [5.74, 6) is 0.505. The van der Waals surface area contributed by atoms with Crippen LogP contribution < -0.4 is 10.9 Å². The maximum Gasteiger partial charge on any atom is 0.265 e. The molecule has 0 atom stereocenters. The molecule has 0 aromatic carbocycles. The molecule has 1 N–H and O–H groups in total. The summed E-state index contributed by atoms with van der Waals surface area (Å²) in [5.41, 5.74) is 2.29. The highest BCUT2D eigenvalue weighted by Crippen LogP contribution is 2.20. The number of carbonyl (C=O) groups is 1. The van der Waals surface area contributed by atoms with E-state index in [1.165, 1.54) is 29.3 Å². The summed E-state index contributed by atoms with van der Waals surface area (Å²) in [7, 11) is 0. The van der Waals surface area contributed by atoms with Crippen LogP contribution >= 0.6 is 0 Å². The average molecular weight is 329 g/mol. The number of fused-ring (bicyclic) bond motifs is 1. The summed E-state index contributed by atoms with van der Waals surface area (Å²) < 4.78 is 6.77. The minimum atomic E-state index is -0.237. The quantitative estimate of drug-likeness (QED) is 0.856. The topological polar surface area (TPSA) is 77.1 Å². The van der Waals surface area contributed by atoms with E-state index in [-0.39, 0.29) is 18.0 Å². The minimum absolute atomic E-state index is 0.0233. The van der Waals surface area contributed by atoms with E-state index < -0.39 is 0 Å². The smallest absolute Gasteiger partial charge is 0.265 e. The van der Waals surface area contributed by atoms with Crippen LogP contribution in [0, 0.1) is 13.8 Å². The lowest BCUT2D eigenvalue weighted by Crippen LogP contribution is -2.33. The van der Waals surface area contributed by atoms with Gasteiger partial charge in [0.1, 0.15) is 24.0 Å². The number of carbonyl (C=O) groups excluding carboxylic acids is 1. The van der Waals surface area contributed by atoms with Crippen molar-refractivity contribution in [1.29, 1.82) is 0 Å². The molecule has 2 aromatic heterocycles. The number of nitrogens with zero attached hydrogens (tertiary/aromatic N) is 2. The van der Waals surface area contributed by atoms with Crippen molar-refractivity contribution in [2.24, 2.45) is 0 Å². The summed E-state index contributed by atoms with van der Waals surface area (Å²) in [4.78, 5) is 28.7. The van der Waals surface area contributed by atoms with Gasteiger partial charge in [-0.25, -0.2) is 4.98 Å². The molecule has 1 aliphatic rings. The lowest BCUT2D eigenvalue weighted by Gasteiger charge is -2.13. The Morgan fingerprint density at radius 1 is 1.38 bits per heavy atom. The van der Waals surface area contributed by atoms with Crippen LogP contribution in [0.1, 0.15) is 43.4 Å². The molecular weight excluding hydrogens is 306 g/mol. The Labute approximate surface area is 140 Å². The van der Waals surface area contributed by atoms with Crippen molar-refractivity contribution in [3.63, 3.8) is 0 Å². The number of hydrogen-bond acceptors (Lipinski definition) is 4. The van der Waals surface area contributed by atoms with Crippen LogP contribution in [0.5, 0.6) is 0 Å². The molecule has 0 unspecified atom stereocenters. The lowest BCUT2D eigenvalue weighted by atomic mass is 9.97. The molecule has 2 heterocycles. The Hall–Kier alpha value is -2.37. The highest BCUT2D eigenvalue weighted by molar-refractivity contribution is 5.79. The number of furan rings is 1. The Balaban J connectivity index is 1.63. The van der Waals surface area contributed by atoms with Crippen molar-refractivity contribution < 1.29 is 9.21 Å². The zero-order chi connectivity index (χ0) is 17.1. The van der Waals surface area contributed by atoms with Gasteiger partial charge in [0, 0.05) is 12.1 Å². The van der Waals surface area contributed by atoms with Crippen molar-refractivity contribution in [2.45, 2.75) is 52.5 Å². The largest absolute Gasteiger partial charge is 0.443 e. The van der Waals surface area contributed by atoms with Gasteiger partial charge in [-0.15, -0.1) is 0 Å². The molecule has 2 aromatic rings. The second-order valence-corrected chi connectivity index (χ2v) is 6.35. The second-order valence-electron chi connectivity index (χ2n) is 6.35. The van der Waals surface area contributed by atoms with E-state index in [9.17, 15) is 9.59 Å². The van der Waals surface area contributed by atoms with Gasteiger partial charge < -0.3 is 9.73 Å². The molecule has 0 saturated heterocycles. The number of aryl methyl sites for hydroxylation is 2. The van der Waals surface area contributed by atoms with Crippen molar-refractivity contribution in [3.05, 3.63) is 39.7 Å². The standard InChI is InChI=1S/C18H23N3O3/c1-12-13(2)24-17-16(12)18(23)21(11-20-17)10-15(22)19-9-8-14-6-4-3-5-7-14/h6,11H,3-5,7-10H2,1-2H3,(H,19,22). The SMILES string of the molecule is Cc1oc2ncn(CC(=O)NCCC3=CCCCC3)c(=O)c2c1C. The Bertz CT molecular complexity index is 845. The number of amides is 1. The van der Waals surface area contributed by atoms with Crippen molar-refractivity contribution in [3.8, 4) is 0 Å². The van der Waals surface area contributed by atoms with Crippen LogP contribution in [-0.2, 0) is 11.3 Å². The van der Waals surface area contributed by atoms with Crippen LogP contribution in [-0.4, -0.2) is 22.0 Å². The Morgan fingerprint density at radius 3 is 2.96 bits per heavy atom. The van der Waals surface area contributed by atoms with Crippen molar-refractivity contribution >= 4 is 17.0 Å². The van der Waals surface area contributed by atoms with Crippen molar-refractivity contribution in [2.75, 3.05) is 6.54 Å². The van der Waals surface area contributed by atoms with Crippen LogP contribution in [0.15, 0.2) is 27.2 Å². The summed E-state index contributed by atoms with van der Waals surface area (Å²) in [6.07, 6.45) is 9.32. The summed E-state index contributed by atoms with van der Waals surface area (Å²) >= 11 is 0. The molecule has 0 radical (unpaired) electrons. The number of nitrogens with one attached hydrogen (secondary N) is 1. The van der Waals surface area contributed by atoms with E-state index in [2.05, 4.69) is 16.4 Å². The van der Waals surface area contributed by atoms with Crippen LogP contribution in [0.2, 0.25) is 0 Å². The Kier molecular flexibility index (Phi) is 4.83. The third-order valence-electron chi connectivity index (χ3n) is 4.62. The maximum absolute atomic E-state index is 12.5. The first kappa shape index (κ1) is 16.5. The van der Waals surface area contributed by atoms with E-state index in [0.29, 0.717) is 23.4 Å². The molecule has 1 aliphatic carbocycles. The Morgan fingerprint density at radius 2 is 2.21 bits per heavy atom. The first-order valence-corrected chi connectivity index (χ1v) is 8.46. The van der Waals surface area contributed by atoms with Crippen molar-refractivity contribution in [1.82, 2.24) is 14.9 Å². The molecule has 0 saturated carbocycles. The monoisotopic (exact) mass is 329 g/mol. The maximum atomic E-state index is 12.5. The first-order valence-electron chi connectivity index (χ1n) is 8.46. The summed E-state index contributed by atoms with van der Waals surface area (Å²) in [6, 6.07) is 0. The van der Waals surface area contributed by atoms with E-state index in [1.54, 1.807) is 6.92 Å². The molecule has 0 aliphatic heterocycles. The highest BCUT2D eigenvalue weighted by atomic mass is 16.3. The summed E-state index contributed by atoms with van der Waals surface area (Å²) in [5, 5.41) is 3.34. The van der Waals surface area contributed by atoms with Crippen LogP contribution in [0.4, 0.5) is 0 Å². The molecule has 128 valence electrons. The molecule has 0 spiro atoms. The molecule has 6 nitrogen and oxygen atoms in total. The zero-order valence-corrected chi connectivity index (χ0v) is 14.2. The highest BCUT2D eigenvalue weighted by Gasteiger charge is 2.15. The van der Waals surface area contributed by atoms with Gasteiger partial charge >= 0.3 is 0 Å². The number of hydrogen-bond donors (Lipinski definition) is 1. The van der Waals surface area contributed by atoms with Crippen LogP contribution in [0.25, 0.3) is 11.1 Å². The van der Waals surface area contributed by atoms with Gasteiger partial charge in [0.25, 0.3) is 5.56 Å². The molecule has 0 bridgehead atoms. The van der Waals surface area contributed by atoms with Gasteiger partial charge in [0.15, 0.2) is 0 Å². The second kappa shape index (κ2) is 7.03. The molecule has 3 rings (SSSR count). The van der Waals surface area contributed by atoms with Gasteiger partial charge in [-0.05, 0) is 46.0 Å². The molecule has 0 fully saturated rings. The van der Waals surface area contributed by atoms with E-state index >= 15 is 0 Å². The van der Waals surface area contributed by atoms with Gasteiger partial charge in [-0.1, -0.05) is 11.6 Å². The fourth-order valence-electron chi connectivity index (χ4n) is 3.09. The third kappa shape index (κ3) is 3.42. The van der Waals surface area contributed by atoms with Crippen LogP contribution in [0.3, 0.4) is 0 Å². The molecular formula is C18H23N3O3. The zero-order valence-electron chi connectivity index (χ0n) is 14.2. The molecule has 1 amide bonds. The molecule has 6 heteroatoms. The normalized spacial score (nSPS) is 14.7.